The lowest BCUT2D eigenvalue weighted by Crippen LogP contribution is -2.41. The number of fused-ring (bicyclic) bond motifs is 1. The molecule has 0 saturated heterocycles. The number of hydrogen-bond donors (Lipinski definition) is 2. The zero-order chi connectivity index (χ0) is 15.5. The first-order valence-corrected chi connectivity index (χ1v) is 7.13. The molecule has 0 aliphatic heterocycles. The van der Waals surface area contributed by atoms with Crippen molar-refractivity contribution in [3.63, 3.8) is 0 Å². The second kappa shape index (κ2) is 6.14. The highest BCUT2D eigenvalue weighted by Gasteiger charge is 2.21. The van der Waals surface area contributed by atoms with Crippen molar-refractivity contribution in [3.05, 3.63) is 42.5 Å². The van der Waals surface area contributed by atoms with Crippen LogP contribution in [0.15, 0.2) is 42.5 Å². The molecule has 112 valence electrons. The summed E-state index contributed by atoms with van der Waals surface area (Å²) in [6, 6.07) is 13.8. The van der Waals surface area contributed by atoms with Gasteiger partial charge in [-0.2, -0.15) is 0 Å². The smallest absolute Gasteiger partial charge is 0.321 e. The fourth-order valence-corrected chi connectivity index (χ4v) is 2.32. The van der Waals surface area contributed by atoms with Crippen LogP contribution in [0.4, 0.5) is 10.5 Å². The summed E-state index contributed by atoms with van der Waals surface area (Å²) in [7, 11) is 1.79. The van der Waals surface area contributed by atoms with Crippen molar-refractivity contribution in [2.24, 2.45) is 11.1 Å². The van der Waals surface area contributed by atoms with Crippen molar-refractivity contribution >= 4 is 22.5 Å². The Morgan fingerprint density at radius 2 is 1.86 bits per heavy atom. The van der Waals surface area contributed by atoms with Gasteiger partial charge in [-0.3, -0.25) is 0 Å². The van der Waals surface area contributed by atoms with E-state index in [9.17, 15) is 4.79 Å². The van der Waals surface area contributed by atoms with E-state index in [2.05, 4.69) is 19.2 Å². The third-order valence-electron chi connectivity index (χ3n) is 3.60. The van der Waals surface area contributed by atoms with Gasteiger partial charge in [0.25, 0.3) is 0 Å². The van der Waals surface area contributed by atoms with Crippen LogP contribution in [-0.2, 0) is 0 Å². The molecule has 2 aromatic rings. The zero-order valence-electron chi connectivity index (χ0n) is 12.9. The van der Waals surface area contributed by atoms with Crippen molar-refractivity contribution in [2.75, 3.05) is 25.5 Å². The number of anilines is 1. The molecule has 21 heavy (non-hydrogen) atoms. The number of nitrogens with one attached hydrogen (secondary N) is 1. The highest BCUT2D eigenvalue weighted by molar-refractivity contribution is 6.01. The Morgan fingerprint density at radius 3 is 2.57 bits per heavy atom. The molecule has 0 atom stereocenters. The fraction of sp³-hybridized carbons (Fsp3) is 0.353. The number of benzene rings is 2. The summed E-state index contributed by atoms with van der Waals surface area (Å²) in [5, 5.41) is 5.13. The predicted octanol–water partition coefficient (Wildman–Crippen LogP) is 3.29. The van der Waals surface area contributed by atoms with Crippen LogP contribution in [0.25, 0.3) is 10.8 Å². The molecule has 0 spiro atoms. The number of nitrogens with two attached hydrogens (primary N) is 1. The first-order chi connectivity index (χ1) is 9.93. The van der Waals surface area contributed by atoms with E-state index in [0.717, 1.165) is 16.5 Å². The Hall–Kier alpha value is -2.07. The quantitative estimate of drug-likeness (QED) is 0.905. The number of urea groups is 1. The second-order valence-corrected chi connectivity index (χ2v) is 6.18. The second-order valence-electron chi connectivity index (χ2n) is 6.18. The van der Waals surface area contributed by atoms with Crippen LogP contribution in [-0.4, -0.2) is 31.1 Å². The van der Waals surface area contributed by atoms with E-state index in [-0.39, 0.29) is 11.4 Å². The summed E-state index contributed by atoms with van der Waals surface area (Å²) in [5.74, 6) is 0. The maximum Gasteiger partial charge on any atom is 0.321 e. The van der Waals surface area contributed by atoms with E-state index in [1.165, 1.54) is 0 Å². The zero-order valence-corrected chi connectivity index (χ0v) is 12.9. The number of amides is 2. The summed E-state index contributed by atoms with van der Waals surface area (Å²) >= 11 is 0. The minimum absolute atomic E-state index is 0.0924. The van der Waals surface area contributed by atoms with E-state index in [4.69, 9.17) is 5.73 Å². The Morgan fingerprint density at radius 1 is 1.19 bits per heavy atom. The number of nitrogens with zero attached hydrogens (tertiary/aromatic N) is 1. The molecule has 0 fully saturated rings. The summed E-state index contributed by atoms with van der Waals surface area (Å²) < 4.78 is 0. The molecule has 2 aromatic carbocycles. The molecule has 0 radical (unpaired) electrons. The summed E-state index contributed by atoms with van der Waals surface area (Å²) in [5.41, 5.74) is 6.46. The first-order valence-electron chi connectivity index (χ1n) is 7.13. The van der Waals surface area contributed by atoms with E-state index < -0.39 is 0 Å². The normalized spacial score (nSPS) is 11.4. The molecule has 2 rings (SSSR count). The lowest BCUT2D eigenvalue weighted by atomic mass is 9.93. The third kappa shape index (κ3) is 3.73. The predicted molar refractivity (Wildman–Crippen MR) is 88.4 cm³/mol. The monoisotopic (exact) mass is 285 g/mol. The van der Waals surface area contributed by atoms with Crippen LogP contribution in [0, 0.1) is 5.41 Å². The van der Waals surface area contributed by atoms with Crippen LogP contribution < -0.4 is 11.1 Å². The Labute approximate surface area is 125 Å². The van der Waals surface area contributed by atoms with Gasteiger partial charge in [0.05, 0.1) is 5.69 Å². The largest absolute Gasteiger partial charge is 0.330 e. The van der Waals surface area contributed by atoms with Crippen molar-refractivity contribution in [1.82, 2.24) is 4.90 Å². The standard InChI is InChI=1S/C17H23N3O/c1-17(2,11-18)12-20(3)16(21)19-15-10-6-8-13-7-4-5-9-14(13)15/h4-10H,11-12,18H2,1-3H3,(H,19,21). The molecular weight excluding hydrogens is 262 g/mol. The fourth-order valence-electron chi connectivity index (χ4n) is 2.32. The van der Waals surface area contributed by atoms with Gasteiger partial charge in [-0.15, -0.1) is 0 Å². The first kappa shape index (κ1) is 15.3. The van der Waals surface area contributed by atoms with Gasteiger partial charge in [0.1, 0.15) is 0 Å². The number of rotatable bonds is 4. The molecule has 4 heteroatoms. The molecule has 0 unspecified atom stereocenters. The SMILES string of the molecule is CN(CC(C)(C)CN)C(=O)Nc1cccc2ccccc12. The summed E-state index contributed by atoms with van der Waals surface area (Å²) in [4.78, 5) is 14.0. The molecule has 0 aliphatic rings. The molecule has 3 N–H and O–H groups in total. The maximum atomic E-state index is 12.3. The van der Waals surface area contributed by atoms with Crippen molar-refractivity contribution in [1.29, 1.82) is 0 Å². The van der Waals surface area contributed by atoms with Gasteiger partial charge >= 0.3 is 6.03 Å². The van der Waals surface area contributed by atoms with Crippen LogP contribution in [0.1, 0.15) is 13.8 Å². The topological polar surface area (TPSA) is 58.4 Å². The highest BCUT2D eigenvalue weighted by Crippen LogP contribution is 2.23. The summed E-state index contributed by atoms with van der Waals surface area (Å²) in [6.07, 6.45) is 0. The van der Waals surface area contributed by atoms with Crippen LogP contribution in [0.2, 0.25) is 0 Å². The highest BCUT2D eigenvalue weighted by atomic mass is 16.2. The number of hydrogen-bond acceptors (Lipinski definition) is 2. The lowest BCUT2D eigenvalue weighted by Gasteiger charge is -2.29. The molecule has 0 aliphatic carbocycles. The third-order valence-corrected chi connectivity index (χ3v) is 3.60. The van der Waals surface area contributed by atoms with Gasteiger partial charge in [0, 0.05) is 19.0 Å². The molecule has 4 nitrogen and oxygen atoms in total. The molecule has 0 heterocycles. The minimum atomic E-state index is -0.118. The average Bonchev–Trinajstić information content (AvgIpc) is 2.47. The minimum Gasteiger partial charge on any atom is -0.330 e. The van der Waals surface area contributed by atoms with Crippen molar-refractivity contribution in [3.8, 4) is 0 Å². The van der Waals surface area contributed by atoms with Crippen LogP contribution >= 0.6 is 0 Å². The van der Waals surface area contributed by atoms with Gasteiger partial charge < -0.3 is 16.0 Å². The van der Waals surface area contributed by atoms with E-state index >= 15 is 0 Å². The number of carbonyl (C=O) groups excluding carboxylic acids is 1. The number of carbonyl (C=O) groups is 1. The van der Waals surface area contributed by atoms with Gasteiger partial charge in [0.2, 0.25) is 0 Å². The molecule has 0 saturated carbocycles. The van der Waals surface area contributed by atoms with Gasteiger partial charge in [-0.05, 0) is 23.4 Å². The van der Waals surface area contributed by atoms with Gasteiger partial charge in [-0.1, -0.05) is 50.2 Å². The van der Waals surface area contributed by atoms with E-state index in [0.29, 0.717) is 13.1 Å². The van der Waals surface area contributed by atoms with Crippen molar-refractivity contribution < 1.29 is 4.79 Å². The van der Waals surface area contributed by atoms with E-state index in [1.807, 2.05) is 42.5 Å². The molecule has 0 aromatic heterocycles. The van der Waals surface area contributed by atoms with Gasteiger partial charge in [-0.25, -0.2) is 4.79 Å². The molecule has 2 amide bonds. The molecule has 0 bridgehead atoms. The Bertz CT molecular complexity index is 631. The Balaban J connectivity index is 2.15. The van der Waals surface area contributed by atoms with Crippen LogP contribution in [0.5, 0.6) is 0 Å². The lowest BCUT2D eigenvalue weighted by molar-refractivity contribution is 0.197. The van der Waals surface area contributed by atoms with Gasteiger partial charge in [0.15, 0.2) is 0 Å². The van der Waals surface area contributed by atoms with Crippen molar-refractivity contribution in [2.45, 2.75) is 13.8 Å². The average molecular weight is 285 g/mol. The van der Waals surface area contributed by atoms with E-state index in [1.54, 1.807) is 11.9 Å². The van der Waals surface area contributed by atoms with Crippen LogP contribution in [0.3, 0.4) is 0 Å². The Kier molecular flexibility index (Phi) is 4.48. The maximum absolute atomic E-state index is 12.3. The summed E-state index contributed by atoms with van der Waals surface area (Å²) in [6.45, 7) is 5.25. The molecular formula is C17H23N3O.